The van der Waals surface area contributed by atoms with Crippen LogP contribution >= 0.6 is 11.6 Å². The van der Waals surface area contributed by atoms with Crippen molar-refractivity contribution in [2.45, 2.75) is 12.6 Å². The molecule has 1 N–H and O–H groups in total. The molecule has 0 fully saturated rings. The number of para-hydroxylation sites is 1. The molecule has 7 nitrogen and oxygen atoms in total. The quantitative estimate of drug-likeness (QED) is 0.405. The van der Waals surface area contributed by atoms with Crippen LogP contribution in [0.4, 0.5) is 0 Å². The Morgan fingerprint density at radius 3 is 2.26 bits per heavy atom. The van der Waals surface area contributed by atoms with Crippen molar-refractivity contribution in [1.82, 2.24) is 24.6 Å². The number of halogens is 1. The molecule has 0 radical (unpaired) electrons. The van der Waals surface area contributed by atoms with Crippen molar-refractivity contribution in [1.29, 1.82) is 0 Å². The van der Waals surface area contributed by atoms with Crippen LogP contribution in [-0.4, -0.2) is 25.2 Å². The van der Waals surface area contributed by atoms with E-state index in [1.807, 2.05) is 72.8 Å². The predicted octanol–water partition coefficient (Wildman–Crippen LogP) is 4.14. The van der Waals surface area contributed by atoms with E-state index < -0.39 is 0 Å². The monoisotopic (exact) mass is 469 g/mol. The van der Waals surface area contributed by atoms with Gasteiger partial charge >= 0.3 is 0 Å². The number of benzene rings is 3. The number of carbonyl (C=O) groups excluding carboxylic acids is 1. The molecule has 0 saturated carbocycles. The van der Waals surface area contributed by atoms with Gasteiger partial charge in [-0.25, -0.2) is 9.67 Å². The van der Waals surface area contributed by atoms with Crippen molar-refractivity contribution < 1.29 is 4.79 Å². The number of carbonyl (C=O) groups is 1. The van der Waals surface area contributed by atoms with Crippen LogP contribution in [0.1, 0.15) is 17.2 Å². The van der Waals surface area contributed by atoms with Crippen molar-refractivity contribution in [2.24, 2.45) is 0 Å². The first-order chi connectivity index (χ1) is 16.6. The van der Waals surface area contributed by atoms with Gasteiger partial charge in [-0.3, -0.25) is 14.2 Å². The molecule has 34 heavy (non-hydrogen) atoms. The fraction of sp³-hybridized carbons (Fsp3) is 0.0769. The highest BCUT2D eigenvalue weighted by molar-refractivity contribution is 6.30. The van der Waals surface area contributed by atoms with Gasteiger partial charge in [0.2, 0.25) is 5.91 Å². The lowest BCUT2D eigenvalue weighted by molar-refractivity contribution is -0.122. The number of hydrogen-bond acceptors (Lipinski definition) is 4. The summed E-state index contributed by atoms with van der Waals surface area (Å²) < 4.78 is 2.89. The second-order valence-corrected chi connectivity index (χ2v) is 8.21. The summed E-state index contributed by atoms with van der Waals surface area (Å²) in [6, 6.07) is 26.0. The van der Waals surface area contributed by atoms with Crippen LogP contribution in [0.3, 0.4) is 0 Å². The normalized spacial score (nSPS) is 11.9. The van der Waals surface area contributed by atoms with E-state index in [2.05, 4.69) is 15.4 Å². The van der Waals surface area contributed by atoms with E-state index in [9.17, 15) is 9.59 Å². The molecule has 0 aliphatic rings. The average molecular weight is 470 g/mol. The molecule has 2 heterocycles. The van der Waals surface area contributed by atoms with E-state index in [-0.39, 0.29) is 24.1 Å². The van der Waals surface area contributed by atoms with Gasteiger partial charge in [0.25, 0.3) is 5.56 Å². The van der Waals surface area contributed by atoms with E-state index in [1.165, 1.54) is 17.1 Å². The van der Waals surface area contributed by atoms with Gasteiger partial charge in [0.1, 0.15) is 18.3 Å². The van der Waals surface area contributed by atoms with E-state index in [1.54, 1.807) is 16.8 Å². The average Bonchev–Trinajstić information content (AvgIpc) is 3.31. The van der Waals surface area contributed by atoms with Gasteiger partial charge in [0, 0.05) is 5.02 Å². The zero-order valence-electron chi connectivity index (χ0n) is 18.0. The van der Waals surface area contributed by atoms with Gasteiger partial charge in [0.15, 0.2) is 5.65 Å². The molecule has 1 unspecified atom stereocenters. The maximum atomic E-state index is 13.0. The molecule has 0 bridgehead atoms. The minimum atomic E-state index is -0.390. The maximum absolute atomic E-state index is 13.0. The molecule has 8 heteroatoms. The zero-order valence-corrected chi connectivity index (χ0v) is 18.8. The summed E-state index contributed by atoms with van der Waals surface area (Å²) in [5, 5.41) is 8.30. The van der Waals surface area contributed by atoms with E-state index >= 15 is 0 Å². The lowest BCUT2D eigenvalue weighted by atomic mass is 9.98. The minimum absolute atomic E-state index is 0.171. The molecular weight excluding hydrogens is 450 g/mol. The maximum Gasteiger partial charge on any atom is 0.264 e. The Bertz CT molecular complexity index is 1500. The largest absolute Gasteiger partial charge is 0.344 e. The Hall–Kier alpha value is -4.23. The number of nitrogens with one attached hydrogen (secondary N) is 1. The molecule has 5 aromatic rings. The highest BCUT2D eigenvalue weighted by Gasteiger charge is 2.18. The van der Waals surface area contributed by atoms with Gasteiger partial charge in [-0.1, -0.05) is 72.3 Å². The molecule has 168 valence electrons. The number of rotatable bonds is 6. The summed E-state index contributed by atoms with van der Waals surface area (Å²) in [7, 11) is 0. The van der Waals surface area contributed by atoms with Crippen LogP contribution in [0.2, 0.25) is 5.02 Å². The Kier molecular flexibility index (Phi) is 5.93. The molecule has 0 aliphatic heterocycles. The summed E-state index contributed by atoms with van der Waals surface area (Å²) in [5.74, 6) is -0.317. The number of amides is 1. The number of nitrogens with zero attached hydrogens (tertiary/aromatic N) is 4. The third kappa shape index (κ3) is 4.33. The number of aromatic nitrogens is 4. The predicted molar refractivity (Wildman–Crippen MR) is 131 cm³/mol. The number of hydrogen-bond donors (Lipinski definition) is 1. The molecule has 1 atom stereocenters. The standard InChI is InChI=1S/C26H20ClN5O2/c27-20-13-11-19(12-14-20)24(18-7-3-1-4-8-18)30-23(33)16-31-17-28-25-22(26(31)34)15-29-32(25)21-9-5-2-6-10-21/h1-15,17,24H,16H2,(H,30,33). The fourth-order valence-electron chi connectivity index (χ4n) is 3.84. The summed E-state index contributed by atoms with van der Waals surface area (Å²) in [6.07, 6.45) is 2.86. The van der Waals surface area contributed by atoms with Crippen molar-refractivity contribution >= 4 is 28.5 Å². The lowest BCUT2D eigenvalue weighted by Gasteiger charge is -2.20. The van der Waals surface area contributed by atoms with Crippen LogP contribution in [0.15, 0.2) is 102 Å². The molecule has 0 spiro atoms. The zero-order chi connectivity index (χ0) is 23.5. The Morgan fingerprint density at radius 2 is 1.56 bits per heavy atom. The van der Waals surface area contributed by atoms with Crippen LogP contribution < -0.4 is 10.9 Å². The highest BCUT2D eigenvalue weighted by Crippen LogP contribution is 2.23. The van der Waals surface area contributed by atoms with Crippen LogP contribution in [-0.2, 0) is 11.3 Å². The van der Waals surface area contributed by atoms with Crippen molar-refractivity contribution in [3.05, 3.63) is 124 Å². The molecular formula is C26H20ClN5O2. The smallest absolute Gasteiger partial charge is 0.264 e. The van der Waals surface area contributed by atoms with E-state index in [0.717, 1.165) is 16.8 Å². The van der Waals surface area contributed by atoms with Gasteiger partial charge < -0.3 is 5.32 Å². The van der Waals surface area contributed by atoms with E-state index in [4.69, 9.17) is 11.6 Å². The number of fused-ring (bicyclic) bond motifs is 1. The van der Waals surface area contributed by atoms with Crippen LogP contribution in [0.25, 0.3) is 16.7 Å². The first-order valence-corrected chi connectivity index (χ1v) is 11.1. The summed E-state index contributed by atoms with van der Waals surface area (Å²) in [6.45, 7) is -0.171. The first kappa shape index (κ1) is 21.6. The third-order valence-electron chi connectivity index (χ3n) is 5.51. The van der Waals surface area contributed by atoms with Gasteiger partial charge in [-0.15, -0.1) is 0 Å². The van der Waals surface area contributed by atoms with Crippen molar-refractivity contribution in [3.8, 4) is 5.69 Å². The van der Waals surface area contributed by atoms with E-state index in [0.29, 0.717) is 16.1 Å². The highest BCUT2D eigenvalue weighted by atomic mass is 35.5. The second kappa shape index (κ2) is 9.33. The molecule has 3 aromatic carbocycles. The summed E-state index contributed by atoms with van der Waals surface area (Å²) >= 11 is 6.04. The fourth-order valence-corrected chi connectivity index (χ4v) is 3.97. The molecule has 5 rings (SSSR count). The van der Waals surface area contributed by atoms with Crippen LogP contribution in [0, 0.1) is 0 Å². The molecule has 2 aromatic heterocycles. The summed E-state index contributed by atoms with van der Waals surface area (Å²) in [5.41, 5.74) is 2.71. The Morgan fingerprint density at radius 1 is 0.912 bits per heavy atom. The first-order valence-electron chi connectivity index (χ1n) is 10.7. The van der Waals surface area contributed by atoms with Gasteiger partial charge in [-0.05, 0) is 35.4 Å². The molecule has 0 saturated heterocycles. The van der Waals surface area contributed by atoms with Crippen molar-refractivity contribution in [3.63, 3.8) is 0 Å². The minimum Gasteiger partial charge on any atom is -0.344 e. The molecule has 0 aliphatic carbocycles. The molecule has 1 amide bonds. The Labute approximate surface area is 200 Å². The van der Waals surface area contributed by atoms with Crippen molar-refractivity contribution in [2.75, 3.05) is 0 Å². The van der Waals surface area contributed by atoms with Gasteiger partial charge in [0.05, 0.1) is 17.9 Å². The third-order valence-corrected chi connectivity index (χ3v) is 5.76. The second-order valence-electron chi connectivity index (χ2n) is 7.77. The topological polar surface area (TPSA) is 81.8 Å². The lowest BCUT2D eigenvalue weighted by Crippen LogP contribution is -2.35. The summed E-state index contributed by atoms with van der Waals surface area (Å²) in [4.78, 5) is 30.5. The van der Waals surface area contributed by atoms with Crippen LogP contribution in [0.5, 0.6) is 0 Å². The Balaban J connectivity index is 1.42. The van der Waals surface area contributed by atoms with Gasteiger partial charge in [-0.2, -0.15) is 5.10 Å². The SMILES string of the molecule is O=C(Cn1cnc2c(cnn2-c2ccccc2)c1=O)NC(c1ccccc1)c1ccc(Cl)cc1.